The van der Waals surface area contributed by atoms with Crippen molar-refractivity contribution in [1.82, 2.24) is 4.98 Å². The van der Waals surface area contributed by atoms with Gasteiger partial charge in [0.15, 0.2) is 0 Å². The van der Waals surface area contributed by atoms with Gasteiger partial charge in [0.2, 0.25) is 0 Å². The molecule has 0 aliphatic rings. The Morgan fingerprint density at radius 1 is 1.52 bits per heavy atom. The van der Waals surface area contributed by atoms with Gasteiger partial charge in [-0.2, -0.15) is 5.26 Å². The molecule has 108 valence electrons. The lowest BCUT2D eigenvalue weighted by Crippen LogP contribution is -2.10. The van der Waals surface area contributed by atoms with Crippen molar-refractivity contribution in [2.24, 2.45) is 0 Å². The SMILES string of the molecule is CCOC(=O)c1c(NCc2ccncc2)sc(C#N)c1N. The Morgan fingerprint density at radius 3 is 2.86 bits per heavy atom. The van der Waals surface area contributed by atoms with E-state index in [0.29, 0.717) is 16.4 Å². The van der Waals surface area contributed by atoms with E-state index in [4.69, 9.17) is 15.7 Å². The van der Waals surface area contributed by atoms with Crippen molar-refractivity contribution < 1.29 is 9.53 Å². The molecule has 0 amide bonds. The van der Waals surface area contributed by atoms with Crippen LogP contribution in [0.1, 0.15) is 27.7 Å². The van der Waals surface area contributed by atoms with E-state index in [1.807, 2.05) is 18.2 Å². The fourth-order valence-corrected chi connectivity index (χ4v) is 2.64. The van der Waals surface area contributed by atoms with Crippen LogP contribution in [0.25, 0.3) is 0 Å². The second-order valence-electron chi connectivity index (χ2n) is 4.09. The number of nitrogens with two attached hydrogens (primary N) is 1. The number of nitrogens with one attached hydrogen (secondary N) is 1. The van der Waals surface area contributed by atoms with E-state index < -0.39 is 5.97 Å². The number of anilines is 2. The van der Waals surface area contributed by atoms with Crippen molar-refractivity contribution in [2.75, 3.05) is 17.7 Å². The van der Waals surface area contributed by atoms with E-state index in [0.717, 1.165) is 16.9 Å². The second kappa shape index (κ2) is 6.72. The Balaban J connectivity index is 2.26. The summed E-state index contributed by atoms with van der Waals surface area (Å²) in [4.78, 5) is 16.2. The van der Waals surface area contributed by atoms with E-state index >= 15 is 0 Å². The lowest BCUT2D eigenvalue weighted by atomic mass is 10.2. The zero-order valence-corrected chi connectivity index (χ0v) is 12.2. The van der Waals surface area contributed by atoms with Gasteiger partial charge in [0, 0.05) is 18.9 Å². The molecule has 2 aromatic rings. The van der Waals surface area contributed by atoms with Gasteiger partial charge in [0.25, 0.3) is 0 Å². The highest BCUT2D eigenvalue weighted by Gasteiger charge is 2.23. The predicted octanol–water partition coefficient (Wildman–Crippen LogP) is 2.39. The molecule has 0 aliphatic heterocycles. The standard InChI is InChI=1S/C14H14N4O2S/c1-2-20-14(19)11-12(16)10(7-15)21-13(11)18-8-9-3-5-17-6-4-9/h3-6,18H,2,8,16H2,1H3. The van der Waals surface area contributed by atoms with Crippen LogP contribution in [-0.4, -0.2) is 17.6 Å². The molecule has 3 N–H and O–H groups in total. The monoisotopic (exact) mass is 302 g/mol. The molecule has 2 aromatic heterocycles. The molecular formula is C14H14N4O2S. The maximum Gasteiger partial charge on any atom is 0.343 e. The molecule has 0 aliphatic carbocycles. The number of nitrogen functional groups attached to an aromatic ring is 1. The van der Waals surface area contributed by atoms with Gasteiger partial charge in [0.05, 0.1) is 12.3 Å². The summed E-state index contributed by atoms with van der Waals surface area (Å²) in [5, 5.41) is 12.7. The molecule has 0 spiro atoms. The molecule has 21 heavy (non-hydrogen) atoms. The third-order valence-corrected chi connectivity index (χ3v) is 3.80. The fourth-order valence-electron chi connectivity index (χ4n) is 1.74. The molecule has 0 fully saturated rings. The lowest BCUT2D eigenvalue weighted by Gasteiger charge is -2.07. The molecule has 0 unspecified atom stereocenters. The van der Waals surface area contributed by atoms with Gasteiger partial charge in [-0.25, -0.2) is 4.79 Å². The number of carbonyl (C=O) groups is 1. The third kappa shape index (κ3) is 3.30. The first-order chi connectivity index (χ1) is 10.2. The lowest BCUT2D eigenvalue weighted by molar-refractivity contribution is 0.0529. The summed E-state index contributed by atoms with van der Waals surface area (Å²) in [6.07, 6.45) is 3.37. The summed E-state index contributed by atoms with van der Waals surface area (Å²) in [5.41, 5.74) is 7.25. The van der Waals surface area contributed by atoms with Crippen LogP contribution < -0.4 is 11.1 Å². The van der Waals surface area contributed by atoms with Crippen LogP contribution in [0.15, 0.2) is 24.5 Å². The Bertz CT molecular complexity index is 676. The molecular weight excluding hydrogens is 288 g/mol. The molecule has 0 saturated heterocycles. The summed E-state index contributed by atoms with van der Waals surface area (Å²) in [6.45, 7) is 2.47. The molecule has 0 aromatic carbocycles. The number of rotatable bonds is 5. The molecule has 0 atom stereocenters. The topological polar surface area (TPSA) is 101 Å². The smallest absolute Gasteiger partial charge is 0.343 e. The second-order valence-corrected chi connectivity index (χ2v) is 5.11. The van der Waals surface area contributed by atoms with Gasteiger partial charge in [-0.15, -0.1) is 11.3 Å². The van der Waals surface area contributed by atoms with Gasteiger partial charge < -0.3 is 15.8 Å². The summed E-state index contributed by atoms with van der Waals surface area (Å²) in [7, 11) is 0. The first-order valence-corrected chi connectivity index (χ1v) is 7.11. The Labute approximate surface area is 126 Å². The van der Waals surface area contributed by atoms with E-state index in [9.17, 15) is 4.79 Å². The normalized spacial score (nSPS) is 9.90. The van der Waals surface area contributed by atoms with Crippen LogP contribution in [0.2, 0.25) is 0 Å². The molecule has 0 saturated carbocycles. The minimum Gasteiger partial charge on any atom is -0.462 e. The Hall–Kier alpha value is -2.59. The van der Waals surface area contributed by atoms with Crippen molar-refractivity contribution in [1.29, 1.82) is 5.26 Å². The highest BCUT2D eigenvalue weighted by atomic mass is 32.1. The number of hydrogen-bond donors (Lipinski definition) is 2. The number of nitrogens with zero attached hydrogens (tertiary/aromatic N) is 2. The van der Waals surface area contributed by atoms with Crippen molar-refractivity contribution in [2.45, 2.75) is 13.5 Å². The molecule has 2 rings (SSSR count). The zero-order valence-electron chi connectivity index (χ0n) is 11.4. The number of aromatic nitrogens is 1. The quantitative estimate of drug-likeness (QED) is 0.822. The molecule has 0 bridgehead atoms. The van der Waals surface area contributed by atoms with E-state index in [2.05, 4.69) is 10.3 Å². The van der Waals surface area contributed by atoms with Gasteiger partial charge in [-0.3, -0.25) is 4.98 Å². The van der Waals surface area contributed by atoms with Crippen LogP contribution >= 0.6 is 11.3 Å². The van der Waals surface area contributed by atoms with Crippen molar-refractivity contribution >= 4 is 28.0 Å². The van der Waals surface area contributed by atoms with E-state index in [-0.39, 0.29) is 17.9 Å². The van der Waals surface area contributed by atoms with Gasteiger partial charge >= 0.3 is 5.97 Å². The van der Waals surface area contributed by atoms with Crippen LogP contribution in [0.4, 0.5) is 10.7 Å². The molecule has 0 radical (unpaired) electrons. The first kappa shape index (κ1) is 14.8. The minimum absolute atomic E-state index is 0.165. The van der Waals surface area contributed by atoms with Gasteiger partial charge in [0.1, 0.15) is 21.5 Å². The number of ether oxygens (including phenoxy) is 1. The van der Waals surface area contributed by atoms with Crippen molar-refractivity contribution in [3.05, 3.63) is 40.5 Å². The summed E-state index contributed by atoms with van der Waals surface area (Å²) in [5.74, 6) is -0.523. The molecule has 7 heteroatoms. The maximum atomic E-state index is 12.0. The van der Waals surface area contributed by atoms with Crippen LogP contribution in [-0.2, 0) is 11.3 Å². The van der Waals surface area contributed by atoms with Gasteiger partial charge in [-0.05, 0) is 24.6 Å². The van der Waals surface area contributed by atoms with Crippen LogP contribution in [0, 0.1) is 11.3 Å². The molecule has 6 nitrogen and oxygen atoms in total. The average Bonchev–Trinajstić information content (AvgIpc) is 2.82. The minimum atomic E-state index is -0.523. The van der Waals surface area contributed by atoms with Crippen molar-refractivity contribution in [3.8, 4) is 6.07 Å². The predicted molar refractivity (Wildman–Crippen MR) is 81.0 cm³/mol. The first-order valence-electron chi connectivity index (χ1n) is 6.29. The number of carbonyl (C=O) groups excluding carboxylic acids is 1. The molecule has 2 heterocycles. The number of esters is 1. The number of thiophene rings is 1. The average molecular weight is 302 g/mol. The summed E-state index contributed by atoms with van der Waals surface area (Å²) < 4.78 is 4.99. The largest absolute Gasteiger partial charge is 0.462 e. The Morgan fingerprint density at radius 2 is 2.24 bits per heavy atom. The highest BCUT2D eigenvalue weighted by Crippen LogP contribution is 2.36. The number of nitriles is 1. The van der Waals surface area contributed by atoms with Crippen molar-refractivity contribution in [3.63, 3.8) is 0 Å². The third-order valence-electron chi connectivity index (χ3n) is 2.73. The van der Waals surface area contributed by atoms with Crippen LogP contribution in [0.5, 0.6) is 0 Å². The number of hydrogen-bond acceptors (Lipinski definition) is 7. The van der Waals surface area contributed by atoms with E-state index in [1.54, 1.807) is 19.3 Å². The highest BCUT2D eigenvalue weighted by molar-refractivity contribution is 7.17. The zero-order chi connectivity index (χ0) is 15.2. The number of pyridine rings is 1. The van der Waals surface area contributed by atoms with Crippen LogP contribution in [0.3, 0.4) is 0 Å². The van der Waals surface area contributed by atoms with E-state index in [1.165, 1.54) is 0 Å². The maximum absolute atomic E-state index is 12.0. The summed E-state index contributed by atoms with van der Waals surface area (Å²) in [6, 6.07) is 5.71. The fraction of sp³-hybridized carbons (Fsp3) is 0.214. The van der Waals surface area contributed by atoms with Gasteiger partial charge in [-0.1, -0.05) is 0 Å². The Kier molecular flexibility index (Phi) is 4.74. The summed E-state index contributed by atoms with van der Waals surface area (Å²) >= 11 is 1.15.